The predicted octanol–water partition coefficient (Wildman–Crippen LogP) is 0.676. The van der Waals surface area contributed by atoms with Crippen LogP contribution in [0.5, 0.6) is 0 Å². The average Bonchev–Trinajstić information content (AvgIpc) is 2.63. The van der Waals surface area contributed by atoms with Crippen molar-refractivity contribution in [3.63, 3.8) is 0 Å². The van der Waals surface area contributed by atoms with Crippen LogP contribution in [0.15, 0.2) is 54.6 Å². The summed E-state index contributed by atoms with van der Waals surface area (Å²) >= 11 is 0. The Morgan fingerprint density at radius 1 is 0.833 bits per heavy atom. The Kier molecular flexibility index (Phi) is 4.79. The third-order valence-corrected chi connectivity index (χ3v) is 4.29. The highest BCUT2D eigenvalue weighted by Crippen LogP contribution is 2.19. The number of rotatable bonds is 3. The first-order valence-electron chi connectivity index (χ1n) is 8.01. The monoisotopic (exact) mass is 323 g/mol. The van der Waals surface area contributed by atoms with Crippen molar-refractivity contribution in [3.05, 3.63) is 65.7 Å². The van der Waals surface area contributed by atoms with Crippen molar-refractivity contribution in [1.29, 1.82) is 0 Å². The topological polar surface area (TPSA) is 63.7 Å². The maximum atomic E-state index is 11.4. The highest BCUT2D eigenvalue weighted by Gasteiger charge is 2.21. The number of carboxylic acid groups (broad SMARTS) is 1. The molecule has 0 radical (unpaired) electrons. The smallest absolute Gasteiger partial charge is 0.269 e. The van der Waals surface area contributed by atoms with Gasteiger partial charge in [0.25, 0.3) is 5.91 Å². The van der Waals surface area contributed by atoms with Crippen molar-refractivity contribution in [2.75, 3.05) is 31.1 Å². The third-order valence-electron chi connectivity index (χ3n) is 4.29. The molecule has 2 aromatic carbocycles. The second kappa shape index (κ2) is 7.17. The summed E-state index contributed by atoms with van der Waals surface area (Å²) in [7, 11) is 0. The van der Waals surface area contributed by atoms with Gasteiger partial charge in [-0.3, -0.25) is 4.79 Å². The summed E-state index contributed by atoms with van der Waals surface area (Å²) in [6, 6.07) is 18.7. The van der Waals surface area contributed by atoms with E-state index in [0.717, 1.165) is 12.1 Å². The van der Waals surface area contributed by atoms with Crippen molar-refractivity contribution in [3.8, 4) is 0 Å². The van der Waals surface area contributed by atoms with Crippen LogP contribution in [-0.4, -0.2) is 43.0 Å². The van der Waals surface area contributed by atoms with E-state index in [2.05, 4.69) is 41.3 Å². The Balaban J connectivity index is 1.59. The van der Waals surface area contributed by atoms with Gasteiger partial charge in [0, 0.05) is 31.9 Å². The van der Waals surface area contributed by atoms with Gasteiger partial charge in [-0.2, -0.15) is 0 Å². The van der Waals surface area contributed by atoms with E-state index in [0.29, 0.717) is 26.2 Å². The molecule has 0 aliphatic carbocycles. The lowest BCUT2D eigenvalue weighted by Gasteiger charge is -2.36. The lowest BCUT2D eigenvalue weighted by Crippen LogP contribution is -2.53. The van der Waals surface area contributed by atoms with E-state index >= 15 is 0 Å². The first kappa shape index (κ1) is 16.1. The molecule has 0 unspecified atom stereocenters. The minimum Gasteiger partial charge on any atom is -0.540 e. The standard InChI is InChI=1S/C19H20N2O3/c22-18(19(23)24)21-12-10-20(11-13-21)17-8-6-16(7-9-17)14-15-4-2-1-3-5-15/h1-9H,10-14H2,(H,23,24)/p-1. The molecule has 3 rings (SSSR count). The van der Waals surface area contributed by atoms with Gasteiger partial charge in [0.15, 0.2) is 0 Å². The zero-order chi connectivity index (χ0) is 16.9. The maximum Gasteiger partial charge on any atom is 0.269 e. The van der Waals surface area contributed by atoms with E-state index in [-0.39, 0.29) is 0 Å². The number of benzene rings is 2. The number of piperazine rings is 1. The number of amides is 1. The minimum absolute atomic E-state index is 0.401. The number of hydrogen-bond acceptors (Lipinski definition) is 4. The third kappa shape index (κ3) is 3.74. The van der Waals surface area contributed by atoms with Gasteiger partial charge < -0.3 is 19.7 Å². The minimum atomic E-state index is -1.63. The Bertz CT molecular complexity index is 705. The number of carbonyl (C=O) groups excluding carboxylic acids is 2. The molecule has 1 amide bonds. The van der Waals surface area contributed by atoms with Gasteiger partial charge in [-0.25, -0.2) is 0 Å². The van der Waals surface area contributed by atoms with Gasteiger partial charge in [-0.15, -0.1) is 0 Å². The van der Waals surface area contributed by atoms with E-state index in [1.807, 2.05) is 18.2 Å². The lowest BCUT2D eigenvalue weighted by atomic mass is 10.0. The summed E-state index contributed by atoms with van der Waals surface area (Å²) in [5, 5.41) is 10.6. The second-order valence-electron chi connectivity index (χ2n) is 5.90. The summed E-state index contributed by atoms with van der Waals surface area (Å²) < 4.78 is 0. The summed E-state index contributed by atoms with van der Waals surface area (Å²) in [5.41, 5.74) is 3.61. The van der Waals surface area contributed by atoms with Crippen LogP contribution in [0.3, 0.4) is 0 Å². The van der Waals surface area contributed by atoms with Crippen LogP contribution in [0.2, 0.25) is 0 Å². The summed E-state index contributed by atoms with van der Waals surface area (Å²) in [4.78, 5) is 25.5. The summed E-state index contributed by atoms with van der Waals surface area (Å²) in [6.07, 6.45) is 0.898. The van der Waals surface area contributed by atoms with Crippen molar-refractivity contribution >= 4 is 17.6 Å². The Morgan fingerprint density at radius 2 is 1.42 bits per heavy atom. The molecule has 1 heterocycles. The molecule has 1 fully saturated rings. The van der Waals surface area contributed by atoms with Gasteiger partial charge in [0.2, 0.25) is 0 Å². The van der Waals surface area contributed by atoms with Gasteiger partial charge in [-0.05, 0) is 29.7 Å². The molecule has 5 nitrogen and oxygen atoms in total. The molecule has 24 heavy (non-hydrogen) atoms. The molecule has 0 bridgehead atoms. The number of carbonyl (C=O) groups is 2. The van der Waals surface area contributed by atoms with Gasteiger partial charge in [-0.1, -0.05) is 42.5 Å². The van der Waals surface area contributed by atoms with Crippen molar-refractivity contribution in [1.82, 2.24) is 4.90 Å². The van der Waals surface area contributed by atoms with Gasteiger partial charge in [0.05, 0.1) is 0 Å². The molecule has 1 aliphatic heterocycles. The average molecular weight is 323 g/mol. The van der Waals surface area contributed by atoms with Crippen LogP contribution in [-0.2, 0) is 16.0 Å². The van der Waals surface area contributed by atoms with E-state index in [1.54, 1.807) is 0 Å². The first-order valence-corrected chi connectivity index (χ1v) is 8.01. The molecule has 1 aliphatic rings. The lowest BCUT2D eigenvalue weighted by molar-refractivity contribution is -0.301. The molecule has 1 saturated heterocycles. The molecular weight excluding hydrogens is 304 g/mol. The summed E-state index contributed by atoms with van der Waals surface area (Å²) in [5.74, 6) is -2.55. The van der Waals surface area contributed by atoms with Crippen molar-refractivity contribution < 1.29 is 14.7 Å². The first-order chi connectivity index (χ1) is 11.6. The number of anilines is 1. The van der Waals surface area contributed by atoms with E-state index in [9.17, 15) is 14.7 Å². The Morgan fingerprint density at radius 3 is 2.00 bits per heavy atom. The van der Waals surface area contributed by atoms with E-state index in [4.69, 9.17) is 0 Å². The van der Waals surface area contributed by atoms with Crippen molar-refractivity contribution in [2.45, 2.75) is 6.42 Å². The van der Waals surface area contributed by atoms with Crippen LogP contribution in [0.4, 0.5) is 5.69 Å². The number of aliphatic carboxylic acids is 1. The van der Waals surface area contributed by atoms with Gasteiger partial charge in [0.1, 0.15) is 5.97 Å². The fourth-order valence-corrected chi connectivity index (χ4v) is 2.95. The molecule has 0 aromatic heterocycles. The molecule has 0 atom stereocenters. The molecule has 5 heteroatoms. The zero-order valence-electron chi connectivity index (χ0n) is 13.4. The fourth-order valence-electron chi connectivity index (χ4n) is 2.95. The summed E-state index contributed by atoms with van der Waals surface area (Å²) in [6.45, 7) is 2.05. The van der Waals surface area contributed by atoms with Crippen LogP contribution < -0.4 is 10.0 Å². The predicted molar refractivity (Wildman–Crippen MR) is 89.5 cm³/mol. The van der Waals surface area contributed by atoms with E-state index in [1.165, 1.54) is 16.0 Å². The largest absolute Gasteiger partial charge is 0.540 e. The Hall–Kier alpha value is -2.82. The van der Waals surface area contributed by atoms with Crippen molar-refractivity contribution in [2.24, 2.45) is 0 Å². The highest BCUT2D eigenvalue weighted by molar-refractivity contribution is 6.30. The molecule has 0 N–H and O–H groups in total. The number of nitrogens with zero attached hydrogens (tertiary/aromatic N) is 2. The highest BCUT2D eigenvalue weighted by atomic mass is 16.4. The normalized spacial score (nSPS) is 14.5. The SMILES string of the molecule is O=C([O-])C(=O)N1CCN(c2ccc(Cc3ccccc3)cc2)CC1. The number of carboxylic acids is 1. The van der Waals surface area contributed by atoms with Crippen LogP contribution in [0.1, 0.15) is 11.1 Å². The molecule has 124 valence electrons. The van der Waals surface area contributed by atoms with Crippen LogP contribution in [0.25, 0.3) is 0 Å². The Labute approximate surface area is 141 Å². The molecule has 2 aromatic rings. The van der Waals surface area contributed by atoms with Gasteiger partial charge >= 0.3 is 0 Å². The molecule has 0 spiro atoms. The zero-order valence-corrected chi connectivity index (χ0v) is 13.4. The molecule has 0 saturated carbocycles. The maximum absolute atomic E-state index is 11.4. The van der Waals surface area contributed by atoms with Crippen LogP contribution in [0, 0.1) is 0 Å². The second-order valence-corrected chi connectivity index (χ2v) is 5.90. The van der Waals surface area contributed by atoms with Crippen LogP contribution >= 0.6 is 0 Å². The quantitative estimate of drug-likeness (QED) is 0.779. The number of hydrogen-bond donors (Lipinski definition) is 0. The fraction of sp³-hybridized carbons (Fsp3) is 0.263. The molecular formula is C19H19N2O3-. The van der Waals surface area contributed by atoms with E-state index < -0.39 is 11.9 Å².